The lowest BCUT2D eigenvalue weighted by atomic mass is 10.2. The third-order valence-corrected chi connectivity index (χ3v) is 3.56. The number of nitrogens with zero attached hydrogens (tertiary/aromatic N) is 2. The number of aryl methyl sites for hydroxylation is 1. The second-order valence-electron chi connectivity index (χ2n) is 3.80. The molecule has 0 fully saturated rings. The molecule has 0 saturated heterocycles. The van der Waals surface area contributed by atoms with Crippen LogP contribution in [0.3, 0.4) is 0 Å². The maximum atomic E-state index is 11.9. The van der Waals surface area contributed by atoms with Gasteiger partial charge in [-0.25, -0.2) is 13.4 Å². The predicted octanol–water partition coefficient (Wildman–Crippen LogP) is -0.197. The van der Waals surface area contributed by atoms with Crippen molar-refractivity contribution in [2.24, 2.45) is 12.8 Å². The highest BCUT2D eigenvalue weighted by molar-refractivity contribution is 7.89. The summed E-state index contributed by atoms with van der Waals surface area (Å²) in [5.41, 5.74) is 5.34. The number of amidine groups is 1. The number of hydrogen-bond acceptors (Lipinski definition) is 4. The summed E-state index contributed by atoms with van der Waals surface area (Å²) in [4.78, 5) is 3.76. The molecule has 1 aromatic rings. The summed E-state index contributed by atoms with van der Waals surface area (Å²) in [5.74, 6) is -0.189. The van der Waals surface area contributed by atoms with Crippen LogP contribution in [0.1, 0.15) is 19.8 Å². The molecule has 1 heterocycles. The van der Waals surface area contributed by atoms with E-state index in [2.05, 4.69) is 9.71 Å². The van der Waals surface area contributed by atoms with Crippen LogP contribution < -0.4 is 10.5 Å². The molecule has 1 rings (SSSR count). The number of sulfonamides is 1. The third-order valence-electron chi connectivity index (χ3n) is 2.21. The topological polar surface area (TPSA) is 114 Å². The van der Waals surface area contributed by atoms with Crippen LogP contribution >= 0.6 is 0 Å². The number of aromatic nitrogens is 2. The van der Waals surface area contributed by atoms with Crippen molar-refractivity contribution < 1.29 is 8.42 Å². The van der Waals surface area contributed by atoms with Gasteiger partial charge in [-0.2, -0.15) is 4.72 Å². The first kappa shape index (κ1) is 13.7. The van der Waals surface area contributed by atoms with Crippen LogP contribution in [0, 0.1) is 5.41 Å². The van der Waals surface area contributed by atoms with Gasteiger partial charge in [0.25, 0.3) is 10.0 Å². The minimum atomic E-state index is -3.71. The Morgan fingerprint density at radius 2 is 2.35 bits per heavy atom. The van der Waals surface area contributed by atoms with Crippen molar-refractivity contribution in [1.29, 1.82) is 5.41 Å². The van der Waals surface area contributed by atoms with Crippen molar-refractivity contribution in [3.8, 4) is 0 Å². The zero-order valence-corrected chi connectivity index (χ0v) is 10.7. The molecule has 0 aliphatic heterocycles. The Kier molecular flexibility index (Phi) is 4.24. The van der Waals surface area contributed by atoms with Crippen LogP contribution in [0.2, 0.25) is 0 Å². The van der Waals surface area contributed by atoms with Gasteiger partial charge in [-0.3, -0.25) is 5.41 Å². The summed E-state index contributed by atoms with van der Waals surface area (Å²) in [6.07, 6.45) is 4.01. The molecule has 17 heavy (non-hydrogen) atoms. The Hall–Kier alpha value is -1.41. The average Bonchev–Trinajstić information content (AvgIpc) is 2.64. The third kappa shape index (κ3) is 3.53. The highest BCUT2D eigenvalue weighted by atomic mass is 32.2. The van der Waals surface area contributed by atoms with E-state index in [-0.39, 0.29) is 10.9 Å². The SMILES string of the molecule is CCCC(NS(=O)(=O)c1cn(C)cn1)C(=N)N. The van der Waals surface area contributed by atoms with E-state index in [0.717, 1.165) is 6.42 Å². The first-order chi connectivity index (χ1) is 7.86. The lowest BCUT2D eigenvalue weighted by Gasteiger charge is -2.15. The number of rotatable bonds is 6. The molecule has 0 spiro atoms. The van der Waals surface area contributed by atoms with Crippen molar-refractivity contribution >= 4 is 15.9 Å². The monoisotopic (exact) mass is 259 g/mol. The van der Waals surface area contributed by atoms with Crippen LogP contribution in [0.4, 0.5) is 0 Å². The van der Waals surface area contributed by atoms with Gasteiger partial charge in [-0.1, -0.05) is 13.3 Å². The summed E-state index contributed by atoms with van der Waals surface area (Å²) in [5, 5.41) is 7.26. The second kappa shape index (κ2) is 5.28. The summed E-state index contributed by atoms with van der Waals surface area (Å²) < 4.78 is 27.7. The average molecular weight is 259 g/mol. The molecule has 0 bridgehead atoms. The quantitative estimate of drug-likeness (QED) is 0.485. The number of hydrogen-bond donors (Lipinski definition) is 3. The molecule has 96 valence electrons. The second-order valence-corrected chi connectivity index (χ2v) is 5.46. The molecule has 1 aromatic heterocycles. The lowest BCUT2D eigenvalue weighted by Crippen LogP contribution is -2.43. The van der Waals surface area contributed by atoms with E-state index in [0.29, 0.717) is 6.42 Å². The summed E-state index contributed by atoms with van der Waals surface area (Å²) in [7, 11) is -2.03. The normalized spacial score (nSPS) is 13.5. The molecule has 4 N–H and O–H groups in total. The number of nitrogens with two attached hydrogens (primary N) is 1. The Morgan fingerprint density at radius 1 is 1.71 bits per heavy atom. The van der Waals surface area contributed by atoms with E-state index < -0.39 is 16.1 Å². The van der Waals surface area contributed by atoms with Gasteiger partial charge >= 0.3 is 0 Å². The number of nitrogens with one attached hydrogen (secondary N) is 2. The number of imidazole rings is 1. The van der Waals surface area contributed by atoms with E-state index in [1.807, 2.05) is 6.92 Å². The Balaban J connectivity index is 2.88. The molecule has 0 radical (unpaired) electrons. The van der Waals surface area contributed by atoms with Crippen LogP contribution in [0.5, 0.6) is 0 Å². The Morgan fingerprint density at radius 3 is 2.76 bits per heavy atom. The van der Waals surface area contributed by atoms with Gasteiger partial charge in [0.15, 0.2) is 5.03 Å². The minimum Gasteiger partial charge on any atom is -0.386 e. The van der Waals surface area contributed by atoms with Gasteiger partial charge in [0.1, 0.15) is 5.84 Å². The molecule has 0 aromatic carbocycles. The van der Waals surface area contributed by atoms with Gasteiger partial charge in [0.2, 0.25) is 0 Å². The van der Waals surface area contributed by atoms with E-state index in [1.165, 1.54) is 17.1 Å². The van der Waals surface area contributed by atoms with Gasteiger partial charge < -0.3 is 10.3 Å². The van der Waals surface area contributed by atoms with Crippen molar-refractivity contribution in [2.45, 2.75) is 30.8 Å². The molecule has 7 nitrogen and oxygen atoms in total. The smallest absolute Gasteiger partial charge is 0.260 e. The summed E-state index contributed by atoms with van der Waals surface area (Å²) in [6, 6.07) is -0.674. The fourth-order valence-corrected chi connectivity index (χ4v) is 2.57. The molecule has 0 aliphatic carbocycles. The molecule has 0 saturated carbocycles. The fourth-order valence-electron chi connectivity index (χ4n) is 1.34. The molecule has 1 atom stereocenters. The van der Waals surface area contributed by atoms with Gasteiger partial charge in [-0.15, -0.1) is 0 Å². The van der Waals surface area contributed by atoms with Crippen molar-refractivity contribution in [3.05, 3.63) is 12.5 Å². The van der Waals surface area contributed by atoms with E-state index >= 15 is 0 Å². The summed E-state index contributed by atoms with van der Waals surface area (Å²) in [6.45, 7) is 1.89. The van der Waals surface area contributed by atoms with E-state index in [9.17, 15) is 8.42 Å². The van der Waals surface area contributed by atoms with Gasteiger partial charge in [0.05, 0.1) is 12.4 Å². The van der Waals surface area contributed by atoms with Crippen LogP contribution in [-0.2, 0) is 17.1 Å². The molecular weight excluding hydrogens is 242 g/mol. The zero-order chi connectivity index (χ0) is 13.1. The molecule has 1 unspecified atom stereocenters. The summed E-state index contributed by atoms with van der Waals surface area (Å²) >= 11 is 0. The molecular formula is C9H17N5O2S. The lowest BCUT2D eigenvalue weighted by molar-refractivity contribution is 0.562. The van der Waals surface area contributed by atoms with Crippen LogP contribution in [0.15, 0.2) is 17.6 Å². The zero-order valence-electron chi connectivity index (χ0n) is 9.84. The Bertz CT molecular complexity index is 493. The first-order valence-corrected chi connectivity index (χ1v) is 6.69. The van der Waals surface area contributed by atoms with Crippen LogP contribution in [-0.4, -0.2) is 29.8 Å². The van der Waals surface area contributed by atoms with Crippen LogP contribution in [0.25, 0.3) is 0 Å². The molecule has 0 aliphatic rings. The van der Waals surface area contributed by atoms with Crippen molar-refractivity contribution in [1.82, 2.24) is 14.3 Å². The maximum Gasteiger partial charge on any atom is 0.260 e. The predicted molar refractivity (Wildman–Crippen MR) is 64.1 cm³/mol. The van der Waals surface area contributed by atoms with E-state index in [4.69, 9.17) is 11.1 Å². The van der Waals surface area contributed by atoms with E-state index in [1.54, 1.807) is 7.05 Å². The molecule has 0 amide bonds. The largest absolute Gasteiger partial charge is 0.386 e. The highest BCUT2D eigenvalue weighted by Gasteiger charge is 2.23. The highest BCUT2D eigenvalue weighted by Crippen LogP contribution is 2.07. The van der Waals surface area contributed by atoms with Crippen molar-refractivity contribution in [2.75, 3.05) is 0 Å². The molecule has 8 heteroatoms. The maximum absolute atomic E-state index is 11.9. The van der Waals surface area contributed by atoms with Gasteiger partial charge in [0, 0.05) is 13.2 Å². The Labute approximate surface area is 101 Å². The van der Waals surface area contributed by atoms with Gasteiger partial charge in [-0.05, 0) is 6.42 Å². The fraction of sp³-hybridized carbons (Fsp3) is 0.556. The first-order valence-electron chi connectivity index (χ1n) is 5.21. The minimum absolute atomic E-state index is 0.0673. The van der Waals surface area contributed by atoms with Crippen molar-refractivity contribution in [3.63, 3.8) is 0 Å². The standard InChI is InChI=1S/C9H17N5O2S/c1-3-4-7(9(10)11)13-17(15,16)8-5-14(2)6-12-8/h5-7,13H,3-4H2,1-2H3,(H3,10,11).